The average molecular weight is 366 g/mol. The second kappa shape index (κ2) is 7.92. The Hall–Kier alpha value is -2.32. The summed E-state index contributed by atoms with van der Waals surface area (Å²) in [6.07, 6.45) is 3.12. The van der Waals surface area contributed by atoms with Crippen LogP contribution in [-0.4, -0.2) is 16.1 Å². The van der Waals surface area contributed by atoms with Gasteiger partial charge in [-0.3, -0.25) is 4.79 Å². The minimum Gasteiger partial charge on any atom is -0.348 e. The molecule has 1 aliphatic rings. The molecule has 0 unspecified atom stereocenters. The number of nitrogens with zero attached hydrogens (tertiary/aromatic N) is 2. The van der Waals surface area contributed by atoms with E-state index in [2.05, 4.69) is 34.6 Å². The van der Waals surface area contributed by atoms with Crippen molar-refractivity contribution in [1.82, 2.24) is 10.3 Å². The highest BCUT2D eigenvalue weighted by atomic mass is 32.2. The van der Waals surface area contributed by atoms with Crippen molar-refractivity contribution >= 4 is 17.7 Å². The second-order valence-electron chi connectivity index (χ2n) is 6.78. The molecule has 1 heterocycles. The lowest BCUT2D eigenvalue weighted by atomic mass is 9.88. The molecule has 4 nitrogen and oxygen atoms in total. The van der Waals surface area contributed by atoms with Gasteiger partial charge in [0.1, 0.15) is 11.1 Å². The molecule has 0 saturated carbocycles. The summed E-state index contributed by atoms with van der Waals surface area (Å²) in [6.45, 7) is 5.68. The number of fused-ring (bicyclic) bond motifs is 1. The first kappa shape index (κ1) is 18.5. The van der Waals surface area contributed by atoms with E-state index in [1.807, 2.05) is 32.9 Å². The van der Waals surface area contributed by atoms with Crippen LogP contribution in [0.25, 0.3) is 0 Å². The maximum atomic E-state index is 12.8. The molecular weight excluding hydrogens is 342 g/mol. The monoisotopic (exact) mass is 365 g/mol. The topological polar surface area (TPSA) is 65.8 Å². The van der Waals surface area contributed by atoms with Crippen molar-refractivity contribution in [2.45, 2.75) is 56.4 Å². The highest BCUT2D eigenvalue weighted by molar-refractivity contribution is 8.00. The molecule has 26 heavy (non-hydrogen) atoms. The van der Waals surface area contributed by atoms with Crippen molar-refractivity contribution in [2.75, 3.05) is 0 Å². The van der Waals surface area contributed by atoms with Crippen LogP contribution in [0, 0.1) is 25.2 Å². The molecule has 0 bridgehead atoms. The van der Waals surface area contributed by atoms with Crippen LogP contribution in [0.15, 0.2) is 35.4 Å². The third kappa shape index (κ3) is 3.91. The van der Waals surface area contributed by atoms with Crippen molar-refractivity contribution in [3.63, 3.8) is 0 Å². The first-order valence-electron chi connectivity index (χ1n) is 8.92. The summed E-state index contributed by atoms with van der Waals surface area (Å²) < 4.78 is 0. The molecule has 1 aliphatic carbocycles. The van der Waals surface area contributed by atoms with Crippen LogP contribution in [0.5, 0.6) is 0 Å². The summed E-state index contributed by atoms with van der Waals surface area (Å²) in [5, 5.41) is 12.9. The van der Waals surface area contributed by atoms with Gasteiger partial charge in [-0.05, 0) is 62.8 Å². The average Bonchev–Trinajstić information content (AvgIpc) is 2.61. The number of carbonyl (C=O) groups excluding carboxylic acids is 1. The fourth-order valence-corrected chi connectivity index (χ4v) is 4.47. The van der Waals surface area contributed by atoms with Crippen LogP contribution >= 0.6 is 11.8 Å². The summed E-state index contributed by atoms with van der Waals surface area (Å²) in [7, 11) is 0. The largest absolute Gasteiger partial charge is 0.348 e. The maximum absolute atomic E-state index is 12.8. The predicted molar refractivity (Wildman–Crippen MR) is 104 cm³/mol. The zero-order valence-corrected chi connectivity index (χ0v) is 16.2. The number of nitrogens with one attached hydrogen (secondary N) is 1. The van der Waals surface area contributed by atoms with Crippen molar-refractivity contribution in [1.29, 1.82) is 5.26 Å². The smallest absolute Gasteiger partial charge is 0.233 e. The van der Waals surface area contributed by atoms with E-state index in [1.54, 1.807) is 0 Å². The van der Waals surface area contributed by atoms with Gasteiger partial charge in [-0.2, -0.15) is 5.26 Å². The van der Waals surface area contributed by atoms with E-state index in [1.165, 1.54) is 22.9 Å². The Labute approximate surface area is 159 Å². The summed E-state index contributed by atoms with van der Waals surface area (Å²) >= 11 is 1.36. The molecule has 1 N–H and O–H groups in total. The SMILES string of the molecule is Cc1cc(C)c(C#N)c(S[C@@H](C)C(=O)N[C@H]2CCCc3ccccc32)n1. The fraction of sp³-hybridized carbons (Fsp3) is 0.381. The number of nitriles is 1. The van der Waals surface area contributed by atoms with Crippen LogP contribution in [0.3, 0.4) is 0 Å². The number of aryl methyl sites for hydroxylation is 3. The molecule has 0 fully saturated rings. The summed E-state index contributed by atoms with van der Waals surface area (Å²) in [5.41, 5.74) is 4.87. The van der Waals surface area contributed by atoms with E-state index in [0.717, 1.165) is 30.5 Å². The van der Waals surface area contributed by atoms with Crippen molar-refractivity contribution in [3.8, 4) is 6.07 Å². The summed E-state index contributed by atoms with van der Waals surface area (Å²) in [5.74, 6) is -0.0125. The summed E-state index contributed by atoms with van der Waals surface area (Å²) in [6, 6.07) is 12.5. The number of aromatic nitrogens is 1. The Balaban J connectivity index is 1.73. The van der Waals surface area contributed by atoms with E-state index in [9.17, 15) is 10.1 Å². The Kier molecular flexibility index (Phi) is 5.63. The van der Waals surface area contributed by atoms with E-state index in [0.29, 0.717) is 10.6 Å². The van der Waals surface area contributed by atoms with Gasteiger partial charge in [0.05, 0.1) is 16.9 Å². The molecule has 0 saturated heterocycles. The van der Waals surface area contributed by atoms with Crippen LogP contribution in [0.2, 0.25) is 0 Å². The number of hydrogen-bond acceptors (Lipinski definition) is 4. The van der Waals surface area contributed by atoms with Gasteiger partial charge in [0, 0.05) is 5.69 Å². The Morgan fingerprint density at radius 1 is 1.38 bits per heavy atom. The summed E-state index contributed by atoms with van der Waals surface area (Å²) in [4.78, 5) is 17.2. The number of benzene rings is 1. The lowest BCUT2D eigenvalue weighted by Crippen LogP contribution is -2.36. The normalized spacial score (nSPS) is 17.1. The molecular formula is C21H23N3OS. The first-order valence-corrected chi connectivity index (χ1v) is 9.80. The number of amides is 1. The minimum atomic E-state index is -0.315. The number of pyridine rings is 1. The van der Waals surface area contributed by atoms with Crippen LogP contribution in [0.4, 0.5) is 0 Å². The third-order valence-electron chi connectivity index (χ3n) is 4.77. The van der Waals surface area contributed by atoms with Crippen molar-refractivity contribution in [2.24, 2.45) is 0 Å². The Morgan fingerprint density at radius 3 is 2.92 bits per heavy atom. The van der Waals surface area contributed by atoms with Crippen LogP contribution in [0.1, 0.15) is 53.8 Å². The first-order chi connectivity index (χ1) is 12.5. The quantitative estimate of drug-likeness (QED) is 0.823. The highest BCUT2D eigenvalue weighted by Crippen LogP contribution is 2.31. The number of carbonyl (C=O) groups is 1. The van der Waals surface area contributed by atoms with E-state index in [-0.39, 0.29) is 17.2 Å². The van der Waals surface area contributed by atoms with Gasteiger partial charge in [0.25, 0.3) is 0 Å². The lowest BCUT2D eigenvalue weighted by molar-refractivity contribution is -0.121. The van der Waals surface area contributed by atoms with Crippen molar-refractivity contribution in [3.05, 3.63) is 58.3 Å². The lowest BCUT2D eigenvalue weighted by Gasteiger charge is -2.27. The molecule has 2 atom stereocenters. The van der Waals surface area contributed by atoms with Gasteiger partial charge in [-0.15, -0.1) is 0 Å². The van der Waals surface area contributed by atoms with Crippen LogP contribution < -0.4 is 5.32 Å². The van der Waals surface area contributed by atoms with Crippen LogP contribution in [-0.2, 0) is 11.2 Å². The predicted octanol–water partition coefficient (Wildman–Crippen LogP) is 4.24. The van der Waals surface area contributed by atoms with Crippen molar-refractivity contribution < 1.29 is 4.79 Å². The van der Waals surface area contributed by atoms with E-state index in [4.69, 9.17) is 0 Å². The molecule has 134 valence electrons. The minimum absolute atomic E-state index is 0.0125. The highest BCUT2D eigenvalue weighted by Gasteiger charge is 2.25. The third-order valence-corrected chi connectivity index (χ3v) is 5.85. The van der Waals surface area contributed by atoms with Gasteiger partial charge in [-0.25, -0.2) is 4.98 Å². The zero-order valence-electron chi connectivity index (χ0n) is 15.4. The van der Waals surface area contributed by atoms with E-state index < -0.39 is 0 Å². The molecule has 1 amide bonds. The zero-order chi connectivity index (χ0) is 18.7. The van der Waals surface area contributed by atoms with E-state index >= 15 is 0 Å². The van der Waals surface area contributed by atoms with Gasteiger partial charge in [0.15, 0.2) is 0 Å². The second-order valence-corrected chi connectivity index (χ2v) is 8.11. The van der Waals surface area contributed by atoms with Gasteiger partial charge >= 0.3 is 0 Å². The fourth-order valence-electron chi connectivity index (χ4n) is 3.44. The number of thioether (sulfide) groups is 1. The molecule has 5 heteroatoms. The Morgan fingerprint density at radius 2 is 2.15 bits per heavy atom. The molecule has 1 aromatic carbocycles. The molecule has 2 aromatic rings. The maximum Gasteiger partial charge on any atom is 0.233 e. The standard InChI is InChI=1S/C21H23N3OS/c1-13-11-14(2)23-21(18(13)12-22)26-15(3)20(25)24-19-10-6-8-16-7-4-5-9-17(16)19/h4-5,7,9,11,15,19H,6,8,10H2,1-3H3,(H,24,25)/t15-,19-/m0/s1. The molecule has 3 rings (SSSR count). The van der Waals surface area contributed by atoms with Gasteiger partial charge in [0.2, 0.25) is 5.91 Å². The molecule has 0 radical (unpaired) electrons. The molecule has 0 aliphatic heterocycles. The molecule has 0 spiro atoms. The van der Waals surface area contributed by atoms with Gasteiger partial charge < -0.3 is 5.32 Å². The van der Waals surface area contributed by atoms with Gasteiger partial charge in [-0.1, -0.05) is 36.0 Å². The number of hydrogen-bond donors (Lipinski definition) is 1. The number of rotatable bonds is 4. The Bertz CT molecular complexity index is 872. The molecule has 1 aromatic heterocycles.